The summed E-state index contributed by atoms with van der Waals surface area (Å²) in [5.74, 6) is 0.241. The zero-order valence-corrected chi connectivity index (χ0v) is 16.9. The van der Waals surface area contributed by atoms with E-state index in [4.69, 9.17) is 9.47 Å². The quantitative estimate of drug-likeness (QED) is 0.502. The Morgan fingerprint density at radius 2 is 1.32 bits per heavy atom. The van der Waals surface area contributed by atoms with E-state index in [-0.39, 0.29) is 28.6 Å². The van der Waals surface area contributed by atoms with Gasteiger partial charge in [0.15, 0.2) is 11.5 Å². The lowest BCUT2D eigenvalue weighted by Crippen LogP contribution is -2.11. The van der Waals surface area contributed by atoms with E-state index in [1.165, 1.54) is 0 Å². The average molecular weight is 380 g/mol. The van der Waals surface area contributed by atoms with Crippen LogP contribution in [0.5, 0.6) is 28.7 Å². The Morgan fingerprint density at radius 3 is 1.89 bits per heavy atom. The molecule has 1 aliphatic heterocycles. The molecule has 0 atom stereocenters. The molecule has 0 spiro atoms. The van der Waals surface area contributed by atoms with Crippen molar-refractivity contribution in [2.45, 2.75) is 41.5 Å². The summed E-state index contributed by atoms with van der Waals surface area (Å²) < 4.78 is 11.9. The highest BCUT2D eigenvalue weighted by atomic mass is 16.6. The van der Waals surface area contributed by atoms with Gasteiger partial charge in [0.2, 0.25) is 0 Å². The molecular weight excluding hydrogens is 356 g/mol. The maximum Gasteiger partial charge on any atom is 0.348 e. The summed E-state index contributed by atoms with van der Waals surface area (Å²) in [6, 6.07) is 3.14. The zero-order chi connectivity index (χ0) is 20.7. The van der Waals surface area contributed by atoms with Crippen LogP contribution >= 0.6 is 0 Å². The average Bonchev–Trinajstić information content (AvgIpc) is 2.83. The van der Waals surface area contributed by atoms with Crippen molar-refractivity contribution in [2.24, 2.45) is 0 Å². The molecule has 0 amide bonds. The van der Waals surface area contributed by atoms with Gasteiger partial charge in [0, 0.05) is 16.7 Å². The minimum Gasteiger partial charge on any atom is -0.508 e. The van der Waals surface area contributed by atoms with Gasteiger partial charge in [0.05, 0.1) is 0 Å². The van der Waals surface area contributed by atoms with E-state index in [0.29, 0.717) is 28.0 Å². The number of hydrogen-bond acceptors (Lipinski definition) is 5. The molecule has 0 bridgehead atoms. The van der Waals surface area contributed by atoms with Gasteiger partial charge in [-0.1, -0.05) is 12.2 Å². The summed E-state index contributed by atoms with van der Waals surface area (Å²) in [5, 5.41) is 20.8. The molecule has 0 fully saturated rings. The first-order chi connectivity index (χ1) is 13.2. The van der Waals surface area contributed by atoms with Crippen LogP contribution in [0.25, 0.3) is 11.1 Å². The van der Waals surface area contributed by atoms with Crippen LogP contribution < -0.4 is 9.47 Å². The fourth-order valence-corrected chi connectivity index (χ4v) is 3.18. The number of phenolic OH excluding ortho intramolecular Hbond substituents is 2. The number of benzene rings is 2. The van der Waals surface area contributed by atoms with E-state index >= 15 is 0 Å². The number of esters is 1. The smallest absolute Gasteiger partial charge is 0.348 e. The molecule has 1 aliphatic rings. The Balaban J connectivity index is 2.41. The van der Waals surface area contributed by atoms with Crippen LogP contribution in [0.2, 0.25) is 0 Å². The maximum absolute atomic E-state index is 13.1. The maximum atomic E-state index is 13.1. The van der Waals surface area contributed by atoms with Gasteiger partial charge in [0.1, 0.15) is 22.8 Å². The van der Waals surface area contributed by atoms with E-state index in [1.54, 1.807) is 26.0 Å². The third-order valence-corrected chi connectivity index (χ3v) is 5.28. The van der Waals surface area contributed by atoms with Crippen LogP contribution in [0.4, 0.5) is 0 Å². The Bertz CT molecular complexity index is 1060. The highest BCUT2D eigenvalue weighted by Gasteiger charge is 2.32. The standard InChI is InChI=1S/C23H24O5/c1-7-11(3)15-9-17(24)13(5)20-19(15)23(26)28-21-14(6)18(25)10-16(12(4)8-2)22(21)27-20/h7-10,24-25H,1-6H3/b11-7-,12-8-. The summed E-state index contributed by atoms with van der Waals surface area (Å²) in [7, 11) is 0. The van der Waals surface area contributed by atoms with E-state index in [2.05, 4.69) is 0 Å². The summed E-state index contributed by atoms with van der Waals surface area (Å²) >= 11 is 0. The minimum atomic E-state index is -0.592. The fourth-order valence-electron chi connectivity index (χ4n) is 3.18. The van der Waals surface area contributed by atoms with E-state index < -0.39 is 5.97 Å². The fraction of sp³-hybridized carbons (Fsp3) is 0.261. The molecule has 146 valence electrons. The molecule has 0 radical (unpaired) electrons. The molecule has 28 heavy (non-hydrogen) atoms. The summed E-state index contributed by atoms with van der Waals surface area (Å²) in [5.41, 5.74) is 3.94. The second kappa shape index (κ2) is 7.08. The Morgan fingerprint density at radius 1 is 0.821 bits per heavy atom. The number of aromatic hydroxyl groups is 2. The SMILES string of the molecule is C/C=C(/C)c1cc(O)c(C)c2c1Oc1c(C)c(O)cc(/C(C)=C\C)c1C(=O)O2. The van der Waals surface area contributed by atoms with Crippen LogP contribution in [0.3, 0.4) is 0 Å². The van der Waals surface area contributed by atoms with Crippen molar-refractivity contribution < 1.29 is 24.5 Å². The van der Waals surface area contributed by atoms with E-state index in [0.717, 1.165) is 11.1 Å². The largest absolute Gasteiger partial charge is 0.508 e. The van der Waals surface area contributed by atoms with Gasteiger partial charge in [-0.25, -0.2) is 4.79 Å². The van der Waals surface area contributed by atoms with Crippen molar-refractivity contribution in [1.29, 1.82) is 0 Å². The zero-order valence-electron chi connectivity index (χ0n) is 16.9. The molecule has 0 aliphatic carbocycles. The topological polar surface area (TPSA) is 76.0 Å². The van der Waals surface area contributed by atoms with Crippen molar-refractivity contribution in [3.8, 4) is 28.7 Å². The van der Waals surface area contributed by atoms with Crippen LogP contribution in [-0.2, 0) is 0 Å². The highest BCUT2D eigenvalue weighted by molar-refractivity contribution is 6.02. The number of phenols is 2. The van der Waals surface area contributed by atoms with Crippen molar-refractivity contribution in [3.05, 3.63) is 52.1 Å². The molecular formula is C23H24O5. The Labute approximate surface area is 164 Å². The highest BCUT2D eigenvalue weighted by Crippen LogP contribution is 2.50. The lowest BCUT2D eigenvalue weighted by atomic mass is 9.96. The first-order valence-electron chi connectivity index (χ1n) is 9.10. The van der Waals surface area contributed by atoms with Gasteiger partial charge in [-0.15, -0.1) is 0 Å². The molecule has 1 heterocycles. The molecule has 5 nitrogen and oxygen atoms in total. The molecule has 0 aromatic heterocycles. The van der Waals surface area contributed by atoms with Crippen LogP contribution in [0, 0.1) is 13.8 Å². The van der Waals surface area contributed by atoms with Crippen LogP contribution in [0.1, 0.15) is 60.3 Å². The monoisotopic (exact) mass is 380 g/mol. The summed E-state index contributed by atoms with van der Waals surface area (Å²) in [6.07, 6.45) is 3.73. The number of carbonyl (C=O) groups excluding carboxylic acids is 1. The van der Waals surface area contributed by atoms with Gasteiger partial charge in [-0.3, -0.25) is 0 Å². The summed E-state index contributed by atoms with van der Waals surface area (Å²) in [6.45, 7) is 10.8. The minimum absolute atomic E-state index is 0.0155. The normalized spacial score (nSPS) is 14.0. The van der Waals surface area contributed by atoms with Crippen LogP contribution in [-0.4, -0.2) is 16.2 Å². The third-order valence-electron chi connectivity index (χ3n) is 5.28. The van der Waals surface area contributed by atoms with Crippen LogP contribution in [0.15, 0.2) is 24.3 Å². The Hall–Kier alpha value is -3.21. The number of ether oxygens (including phenoxy) is 2. The van der Waals surface area contributed by atoms with Crippen molar-refractivity contribution in [1.82, 2.24) is 0 Å². The van der Waals surface area contributed by atoms with Crippen molar-refractivity contribution in [3.63, 3.8) is 0 Å². The molecule has 5 heteroatoms. The van der Waals surface area contributed by atoms with Gasteiger partial charge >= 0.3 is 5.97 Å². The molecule has 3 rings (SSSR count). The number of fused-ring (bicyclic) bond motifs is 2. The molecule has 2 N–H and O–H groups in total. The van der Waals surface area contributed by atoms with E-state index in [1.807, 2.05) is 39.8 Å². The molecule has 0 saturated heterocycles. The number of rotatable bonds is 2. The lowest BCUT2D eigenvalue weighted by Gasteiger charge is -2.17. The molecule has 2 aromatic rings. The first kappa shape index (κ1) is 19.5. The van der Waals surface area contributed by atoms with Gasteiger partial charge < -0.3 is 19.7 Å². The van der Waals surface area contributed by atoms with Gasteiger partial charge in [0.25, 0.3) is 0 Å². The van der Waals surface area contributed by atoms with Crippen molar-refractivity contribution >= 4 is 17.1 Å². The van der Waals surface area contributed by atoms with Gasteiger partial charge in [-0.05, 0) is 70.4 Å². The first-order valence-corrected chi connectivity index (χ1v) is 9.10. The lowest BCUT2D eigenvalue weighted by molar-refractivity contribution is 0.0735. The predicted molar refractivity (Wildman–Crippen MR) is 109 cm³/mol. The Kier molecular flexibility index (Phi) is 4.94. The molecule has 0 saturated carbocycles. The molecule has 0 unspecified atom stereocenters. The second-order valence-corrected chi connectivity index (χ2v) is 6.93. The van der Waals surface area contributed by atoms with Crippen molar-refractivity contribution in [2.75, 3.05) is 0 Å². The van der Waals surface area contributed by atoms with Gasteiger partial charge in [-0.2, -0.15) is 0 Å². The predicted octanol–water partition coefficient (Wildman–Crippen LogP) is 5.89. The summed E-state index contributed by atoms with van der Waals surface area (Å²) in [4.78, 5) is 13.1. The number of allylic oxidation sites excluding steroid dienone is 4. The third kappa shape index (κ3) is 2.93. The number of carbonyl (C=O) groups is 1. The second-order valence-electron chi connectivity index (χ2n) is 6.93. The van der Waals surface area contributed by atoms with E-state index in [9.17, 15) is 15.0 Å². The molecule has 2 aromatic carbocycles. The number of hydrogen-bond donors (Lipinski definition) is 2.